The lowest BCUT2D eigenvalue weighted by Crippen LogP contribution is -2.60. The van der Waals surface area contributed by atoms with Crippen molar-refractivity contribution in [3.63, 3.8) is 0 Å². The van der Waals surface area contributed by atoms with Gasteiger partial charge >= 0.3 is 0 Å². The molecule has 0 N–H and O–H groups in total. The van der Waals surface area contributed by atoms with Crippen molar-refractivity contribution in [1.82, 2.24) is 0 Å². The van der Waals surface area contributed by atoms with Crippen molar-refractivity contribution in [2.24, 2.45) is 59.2 Å². The highest BCUT2D eigenvalue weighted by molar-refractivity contribution is 5.06. The first-order chi connectivity index (χ1) is 8.29. The Hall–Kier alpha value is 0. The molecule has 3 fully saturated rings. The van der Waals surface area contributed by atoms with E-state index in [1.807, 2.05) is 0 Å². The Bertz CT molecular complexity index is 282. The summed E-state index contributed by atoms with van der Waals surface area (Å²) in [4.78, 5) is 0. The van der Waals surface area contributed by atoms with Gasteiger partial charge in [0.15, 0.2) is 0 Å². The molecule has 18 heavy (non-hydrogen) atoms. The summed E-state index contributed by atoms with van der Waals surface area (Å²) in [5, 5.41) is 0. The Balaban J connectivity index is 2.20. The number of hydrogen-bond acceptors (Lipinski definition) is 0. The van der Waals surface area contributed by atoms with E-state index in [1.54, 1.807) is 0 Å². The van der Waals surface area contributed by atoms with E-state index in [0.29, 0.717) is 0 Å². The third-order valence-corrected chi connectivity index (χ3v) is 7.40. The normalized spacial score (nSPS) is 50.8. The summed E-state index contributed by atoms with van der Waals surface area (Å²) in [6, 6.07) is 0. The monoisotopic (exact) mass is 250 g/mol. The lowest BCUT2D eigenvalue weighted by Gasteiger charge is -2.65. The molecule has 106 valence electrons. The lowest BCUT2D eigenvalue weighted by molar-refractivity contribution is -0.175. The van der Waals surface area contributed by atoms with E-state index in [1.165, 1.54) is 0 Å². The zero-order chi connectivity index (χ0) is 13.8. The molecular formula is C18H34. The van der Waals surface area contributed by atoms with Crippen molar-refractivity contribution >= 4 is 0 Å². The predicted octanol–water partition coefficient (Wildman–Crippen LogP) is 5.33. The Morgan fingerprint density at radius 1 is 0.611 bits per heavy atom. The molecule has 0 spiro atoms. The molecule has 0 saturated heterocycles. The molecule has 0 aliphatic heterocycles. The largest absolute Gasteiger partial charge is 0.0625 e. The van der Waals surface area contributed by atoms with Crippen LogP contribution in [0, 0.1) is 59.2 Å². The topological polar surface area (TPSA) is 0 Å². The van der Waals surface area contributed by atoms with Gasteiger partial charge in [-0.15, -0.1) is 0 Å². The van der Waals surface area contributed by atoms with Crippen molar-refractivity contribution < 1.29 is 0 Å². The van der Waals surface area contributed by atoms with Gasteiger partial charge in [0.1, 0.15) is 0 Å². The van der Waals surface area contributed by atoms with Crippen LogP contribution in [0.15, 0.2) is 0 Å². The fraction of sp³-hybridized carbons (Fsp3) is 1.00. The summed E-state index contributed by atoms with van der Waals surface area (Å²) in [7, 11) is 0. The summed E-state index contributed by atoms with van der Waals surface area (Å²) in [6.45, 7) is 19.9. The van der Waals surface area contributed by atoms with E-state index in [9.17, 15) is 0 Å². The smallest absolute Gasteiger partial charge is 0.0323 e. The van der Waals surface area contributed by atoms with E-state index in [2.05, 4.69) is 55.4 Å². The highest BCUT2D eigenvalue weighted by atomic mass is 14.6. The maximum absolute atomic E-state index is 2.54. The van der Waals surface area contributed by atoms with Crippen LogP contribution in [0.25, 0.3) is 0 Å². The molecule has 0 heteroatoms. The van der Waals surface area contributed by atoms with E-state index in [0.717, 1.165) is 59.2 Å². The fourth-order valence-electron chi connectivity index (χ4n) is 5.82. The molecule has 0 radical (unpaired) electrons. The van der Waals surface area contributed by atoms with E-state index in [-0.39, 0.29) is 0 Å². The number of hydrogen-bond donors (Lipinski definition) is 0. The van der Waals surface area contributed by atoms with Gasteiger partial charge in [0.25, 0.3) is 0 Å². The van der Waals surface area contributed by atoms with Gasteiger partial charge in [-0.2, -0.15) is 0 Å². The number of rotatable bonds is 3. The van der Waals surface area contributed by atoms with Gasteiger partial charge in [0, 0.05) is 0 Å². The molecule has 0 heterocycles. The Kier molecular flexibility index (Phi) is 3.87. The third-order valence-electron chi connectivity index (χ3n) is 7.40. The van der Waals surface area contributed by atoms with Crippen molar-refractivity contribution in [2.45, 2.75) is 55.4 Å². The van der Waals surface area contributed by atoms with Crippen molar-refractivity contribution in [3.05, 3.63) is 0 Å². The second-order valence-electron chi connectivity index (χ2n) is 8.13. The van der Waals surface area contributed by atoms with Gasteiger partial charge in [0.05, 0.1) is 0 Å². The Morgan fingerprint density at radius 3 is 1.56 bits per heavy atom. The average molecular weight is 250 g/mol. The van der Waals surface area contributed by atoms with Crippen molar-refractivity contribution in [2.75, 3.05) is 0 Å². The first-order valence-corrected chi connectivity index (χ1v) is 8.29. The second kappa shape index (κ2) is 4.84. The molecule has 7 unspecified atom stereocenters. The molecule has 0 aromatic rings. The second-order valence-corrected chi connectivity index (χ2v) is 8.13. The summed E-state index contributed by atoms with van der Waals surface area (Å²) in [6.07, 6.45) is 0. The van der Waals surface area contributed by atoms with Crippen molar-refractivity contribution in [3.8, 4) is 0 Å². The third kappa shape index (κ3) is 1.86. The Morgan fingerprint density at radius 2 is 1.11 bits per heavy atom. The van der Waals surface area contributed by atoms with Crippen LogP contribution in [-0.2, 0) is 0 Å². The molecule has 0 nitrogen and oxygen atoms in total. The van der Waals surface area contributed by atoms with E-state index < -0.39 is 0 Å². The lowest BCUT2D eigenvalue weighted by atomic mass is 9.40. The summed E-state index contributed by atoms with van der Waals surface area (Å²) >= 11 is 0. The molecule has 3 saturated carbocycles. The van der Waals surface area contributed by atoms with Crippen LogP contribution < -0.4 is 0 Å². The fourth-order valence-corrected chi connectivity index (χ4v) is 5.82. The summed E-state index contributed by atoms with van der Waals surface area (Å²) in [5.74, 6) is 9.41. The van der Waals surface area contributed by atoms with Crippen molar-refractivity contribution in [1.29, 1.82) is 0 Å². The van der Waals surface area contributed by atoms with Gasteiger partial charge in [-0.3, -0.25) is 0 Å². The van der Waals surface area contributed by atoms with Crippen LogP contribution in [0.1, 0.15) is 55.4 Å². The van der Waals surface area contributed by atoms with Crippen LogP contribution in [0.5, 0.6) is 0 Å². The Labute approximate surface area is 115 Å². The minimum atomic E-state index is 0.825. The van der Waals surface area contributed by atoms with E-state index >= 15 is 0 Å². The maximum Gasteiger partial charge on any atom is -0.0323 e. The zero-order valence-corrected chi connectivity index (χ0v) is 13.8. The van der Waals surface area contributed by atoms with Crippen LogP contribution >= 0.6 is 0 Å². The highest BCUT2D eigenvalue weighted by Crippen LogP contribution is 2.63. The SMILES string of the molecule is CC(C)C(C)C(C)C1C(C)C(C)C2C(C)C1C2C. The molecule has 3 aliphatic rings. The van der Waals surface area contributed by atoms with Gasteiger partial charge in [-0.25, -0.2) is 0 Å². The van der Waals surface area contributed by atoms with Crippen LogP contribution in [0.3, 0.4) is 0 Å². The quantitative estimate of drug-likeness (QED) is 0.634. The van der Waals surface area contributed by atoms with Gasteiger partial charge < -0.3 is 0 Å². The molecule has 2 bridgehead atoms. The highest BCUT2D eigenvalue weighted by Gasteiger charge is 2.59. The molecule has 3 rings (SSSR count). The van der Waals surface area contributed by atoms with Crippen LogP contribution in [0.2, 0.25) is 0 Å². The summed E-state index contributed by atoms with van der Waals surface area (Å²) < 4.78 is 0. The minimum absolute atomic E-state index is 0.825. The first kappa shape index (κ1) is 14.4. The molecule has 7 atom stereocenters. The standard InChI is InChI=1S/C18H34/c1-9(2)10(3)11(4)17-13(6)12(5)16-14(7)18(17)15(16)8/h9-18H,1-8H3. The number of fused-ring (bicyclic) bond motifs is 2. The van der Waals surface area contributed by atoms with Crippen LogP contribution in [0.4, 0.5) is 0 Å². The predicted molar refractivity (Wildman–Crippen MR) is 80.3 cm³/mol. The van der Waals surface area contributed by atoms with Gasteiger partial charge in [0.2, 0.25) is 0 Å². The van der Waals surface area contributed by atoms with Crippen LogP contribution in [-0.4, -0.2) is 0 Å². The molecular weight excluding hydrogens is 216 g/mol. The molecule has 0 aromatic heterocycles. The summed E-state index contributed by atoms with van der Waals surface area (Å²) in [5.41, 5.74) is 0. The molecule has 0 aromatic carbocycles. The first-order valence-electron chi connectivity index (χ1n) is 8.29. The molecule has 0 amide bonds. The van der Waals surface area contributed by atoms with E-state index in [4.69, 9.17) is 0 Å². The average Bonchev–Trinajstić information content (AvgIpc) is 2.31. The maximum atomic E-state index is 2.54. The minimum Gasteiger partial charge on any atom is -0.0625 e. The van der Waals surface area contributed by atoms with Gasteiger partial charge in [-0.05, 0) is 59.2 Å². The van der Waals surface area contributed by atoms with Gasteiger partial charge in [-0.1, -0.05) is 55.4 Å². The molecule has 3 aliphatic carbocycles. The zero-order valence-electron chi connectivity index (χ0n) is 13.8.